The van der Waals surface area contributed by atoms with Gasteiger partial charge in [0.15, 0.2) is 0 Å². The molecule has 0 unspecified atom stereocenters. The Hall–Kier alpha value is -3.75. The highest BCUT2D eigenvalue weighted by Gasteiger charge is 2.27. The molecule has 0 saturated heterocycles. The number of hydrazone groups is 1. The fraction of sp³-hybridized carbons (Fsp3) is 0.250. The maximum Gasteiger partial charge on any atom is 0.326 e. The zero-order valence-electron chi connectivity index (χ0n) is 16.1. The number of nitrogens with one attached hydrogen (secondary N) is 1. The number of hydrogen-bond acceptors (Lipinski definition) is 4. The van der Waals surface area contributed by atoms with Crippen LogP contribution in [-0.4, -0.2) is 40.6 Å². The zero-order chi connectivity index (χ0) is 21.2. The summed E-state index contributed by atoms with van der Waals surface area (Å²) in [4.78, 5) is 13.9. The predicted octanol–water partition coefficient (Wildman–Crippen LogP) is 1.83. The van der Waals surface area contributed by atoms with Gasteiger partial charge in [0.25, 0.3) is 0 Å². The lowest BCUT2D eigenvalue weighted by molar-refractivity contribution is -0.138. The number of nitrogens with zero attached hydrogens (tertiary/aromatic N) is 3. The summed E-state index contributed by atoms with van der Waals surface area (Å²) in [5, 5.41) is 22.4. The van der Waals surface area contributed by atoms with Crippen LogP contribution >= 0.6 is 0 Å². The zero-order valence-corrected chi connectivity index (χ0v) is 16.1. The molecule has 29 heavy (non-hydrogen) atoms. The van der Waals surface area contributed by atoms with Crippen LogP contribution in [0.3, 0.4) is 0 Å². The van der Waals surface area contributed by atoms with Gasteiger partial charge in [0.2, 0.25) is 11.9 Å². The van der Waals surface area contributed by atoms with Crippen LogP contribution in [0, 0.1) is 5.41 Å². The fourth-order valence-corrected chi connectivity index (χ4v) is 3.01. The number of guanidine groups is 2. The summed E-state index contributed by atoms with van der Waals surface area (Å²) >= 11 is 0. The van der Waals surface area contributed by atoms with Gasteiger partial charge in [-0.05, 0) is 43.5 Å². The van der Waals surface area contributed by atoms with Crippen molar-refractivity contribution < 1.29 is 9.90 Å². The molecule has 0 saturated carbocycles. The SMILES string of the molecule is N=C(N)N(CCCC[C@H](C(=O)O)N(c1ccccc1)c1ccccc1)N=C(N)N. The lowest BCUT2D eigenvalue weighted by Gasteiger charge is -2.31. The van der Waals surface area contributed by atoms with Crippen molar-refractivity contribution in [1.29, 1.82) is 5.41 Å². The highest BCUT2D eigenvalue weighted by atomic mass is 16.4. The van der Waals surface area contributed by atoms with Gasteiger partial charge in [-0.25, -0.2) is 9.80 Å². The average molecular weight is 397 g/mol. The minimum atomic E-state index is -0.912. The molecule has 2 aromatic rings. The first kappa shape index (κ1) is 21.5. The number of carbonyl (C=O) groups is 1. The third-order valence-electron chi connectivity index (χ3n) is 4.28. The van der Waals surface area contributed by atoms with E-state index in [1.54, 1.807) is 0 Å². The van der Waals surface area contributed by atoms with Crippen molar-refractivity contribution in [3.05, 3.63) is 60.7 Å². The maximum absolute atomic E-state index is 12.1. The minimum absolute atomic E-state index is 0.192. The Bertz CT molecular complexity index is 784. The van der Waals surface area contributed by atoms with E-state index < -0.39 is 12.0 Å². The Morgan fingerprint density at radius 1 is 0.966 bits per heavy atom. The molecule has 0 bridgehead atoms. The topological polar surface area (TPSA) is 158 Å². The van der Waals surface area contributed by atoms with Crippen molar-refractivity contribution in [3.8, 4) is 0 Å². The minimum Gasteiger partial charge on any atom is -0.480 e. The van der Waals surface area contributed by atoms with Crippen LogP contribution in [-0.2, 0) is 4.79 Å². The van der Waals surface area contributed by atoms with Gasteiger partial charge in [0.05, 0.1) is 0 Å². The Morgan fingerprint density at radius 3 is 1.90 bits per heavy atom. The molecule has 0 fully saturated rings. The molecule has 8 N–H and O–H groups in total. The normalized spacial score (nSPS) is 11.3. The molecule has 0 radical (unpaired) electrons. The van der Waals surface area contributed by atoms with Gasteiger partial charge in [0, 0.05) is 17.9 Å². The highest BCUT2D eigenvalue weighted by molar-refractivity contribution is 5.82. The number of aliphatic carboxylic acids is 1. The number of hydrogen-bond donors (Lipinski definition) is 5. The van der Waals surface area contributed by atoms with Crippen molar-refractivity contribution in [2.75, 3.05) is 11.4 Å². The molecule has 9 nitrogen and oxygen atoms in total. The first-order valence-electron chi connectivity index (χ1n) is 9.23. The molecule has 2 rings (SSSR count). The van der Waals surface area contributed by atoms with E-state index in [9.17, 15) is 9.90 Å². The summed E-state index contributed by atoms with van der Waals surface area (Å²) in [7, 11) is 0. The number of unbranched alkanes of at least 4 members (excludes halogenated alkanes) is 1. The van der Waals surface area contributed by atoms with Crippen molar-refractivity contribution >= 4 is 29.3 Å². The molecule has 0 aliphatic heterocycles. The number of anilines is 2. The summed E-state index contributed by atoms with van der Waals surface area (Å²) in [6.45, 7) is 0.316. The van der Waals surface area contributed by atoms with E-state index in [1.165, 1.54) is 5.01 Å². The van der Waals surface area contributed by atoms with Gasteiger partial charge in [0.1, 0.15) is 6.04 Å². The summed E-state index contributed by atoms with van der Waals surface area (Å²) in [5.41, 5.74) is 17.8. The molecule has 0 heterocycles. The molecule has 9 heteroatoms. The quantitative estimate of drug-likeness (QED) is 0.177. The van der Waals surface area contributed by atoms with E-state index in [0.29, 0.717) is 25.8 Å². The summed E-state index contributed by atoms with van der Waals surface area (Å²) in [6.07, 6.45) is 1.54. The molecular weight excluding hydrogens is 370 g/mol. The van der Waals surface area contributed by atoms with E-state index in [1.807, 2.05) is 65.6 Å². The first-order chi connectivity index (χ1) is 13.9. The van der Waals surface area contributed by atoms with Gasteiger partial charge in [-0.2, -0.15) is 0 Å². The summed E-state index contributed by atoms with van der Waals surface area (Å²) in [5.74, 6) is -1.38. The predicted molar refractivity (Wildman–Crippen MR) is 115 cm³/mol. The number of carboxylic acids is 1. The van der Waals surface area contributed by atoms with Crippen molar-refractivity contribution in [1.82, 2.24) is 5.01 Å². The third-order valence-corrected chi connectivity index (χ3v) is 4.28. The van der Waals surface area contributed by atoms with Crippen LogP contribution in [0.5, 0.6) is 0 Å². The van der Waals surface area contributed by atoms with Gasteiger partial charge >= 0.3 is 5.97 Å². The average Bonchev–Trinajstić information content (AvgIpc) is 2.70. The van der Waals surface area contributed by atoms with Gasteiger partial charge < -0.3 is 27.2 Å². The first-order valence-corrected chi connectivity index (χ1v) is 9.23. The van der Waals surface area contributed by atoms with Gasteiger partial charge in [-0.3, -0.25) is 5.41 Å². The second-order valence-corrected chi connectivity index (χ2v) is 6.42. The molecule has 0 aliphatic carbocycles. The van der Waals surface area contributed by atoms with Gasteiger partial charge in [-0.1, -0.05) is 36.4 Å². The fourth-order valence-electron chi connectivity index (χ4n) is 3.01. The second-order valence-electron chi connectivity index (χ2n) is 6.42. The van der Waals surface area contributed by atoms with Crippen LogP contribution in [0.4, 0.5) is 11.4 Å². The third kappa shape index (κ3) is 6.42. The molecule has 0 amide bonds. The van der Waals surface area contributed by atoms with Crippen LogP contribution in [0.1, 0.15) is 19.3 Å². The Morgan fingerprint density at radius 2 is 1.48 bits per heavy atom. The van der Waals surface area contributed by atoms with E-state index in [4.69, 9.17) is 22.6 Å². The number of para-hydroxylation sites is 2. The highest BCUT2D eigenvalue weighted by Crippen LogP contribution is 2.29. The lowest BCUT2D eigenvalue weighted by Crippen LogP contribution is -2.39. The number of carboxylic acid groups (broad SMARTS) is 1. The lowest BCUT2D eigenvalue weighted by atomic mass is 10.1. The standard InChI is InChI=1S/C20H27N7O2/c21-19(22)25-26(20(23)24)14-8-7-13-17(18(28)29)27(15-9-3-1-4-10-15)16-11-5-2-6-12-16/h1-6,9-12,17H,7-8,13-14H2,(H3,23,24)(H,28,29)(H4,21,22,25)/t17-/m1/s1. The second kappa shape index (κ2) is 10.5. The van der Waals surface area contributed by atoms with Crippen molar-refractivity contribution in [2.24, 2.45) is 22.3 Å². The van der Waals surface area contributed by atoms with E-state index in [2.05, 4.69) is 5.10 Å². The molecular formula is C20H27N7O2. The number of benzene rings is 2. The van der Waals surface area contributed by atoms with Crippen molar-refractivity contribution in [3.63, 3.8) is 0 Å². The Labute approximate surface area is 169 Å². The smallest absolute Gasteiger partial charge is 0.326 e. The van der Waals surface area contributed by atoms with Crippen LogP contribution in [0.25, 0.3) is 0 Å². The number of rotatable bonds is 10. The molecule has 0 spiro atoms. The van der Waals surface area contributed by atoms with Gasteiger partial charge in [-0.15, -0.1) is 5.10 Å². The van der Waals surface area contributed by atoms with Crippen LogP contribution in [0.15, 0.2) is 65.8 Å². The molecule has 154 valence electrons. The molecule has 0 aliphatic rings. The largest absolute Gasteiger partial charge is 0.480 e. The Balaban J connectivity index is 2.14. The van der Waals surface area contributed by atoms with E-state index >= 15 is 0 Å². The Kier molecular flexibility index (Phi) is 7.84. The van der Waals surface area contributed by atoms with Crippen LogP contribution < -0.4 is 22.1 Å². The van der Waals surface area contributed by atoms with E-state index in [0.717, 1.165) is 11.4 Å². The van der Waals surface area contributed by atoms with Crippen molar-refractivity contribution in [2.45, 2.75) is 25.3 Å². The van der Waals surface area contributed by atoms with E-state index in [-0.39, 0.29) is 11.9 Å². The maximum atomic E-state index is 12.1. The van der Waals surface area contributed by atoms with Crippen LogP contribution in [0.2, 0.25) is 0 Å². The summed E-state index contributed by atoms with van der Waals surface area (Å²) in [6, 6.07) is 18.1. The molecule has 1 atom stereocenters. The summed E-state index contributed by atoms with van der Waals surface area (Å²) < 4.78 is 0. The number of nitrogens with two attached hydrogens (primary N) is 3. The molecule has 2 aromatic carbocycles. The molecule has 0 aromatic heterocycles. The monoisotopic (exact) mass is 397 g/mol.